The first-order chi connectivity index (χ1) is 15.1. The molecule has 3 aromatic rings. The molecule has 31 heavy (non-hydrogen) atoms. The maximum absolute atomic E-state index is 13.3. The number of benzene rings is 1. The number of aryl methyl sites for hydroxylation is 1. The molecule has 7 nitrogen and oxygen atoms in total. The lowest BCUT2D eigenvalue weighted by molar-refractivity contribution is 0.0630. The number of pyridine rings is 1. The zero-order chi connectivity index (χ0) is 22.2. The average molecular weight is 426 g/mol. The van der Waals surface area contributed by atoms with Gasteiger partial charge in [0.05, 0.1) is 36.4 Å². The van der Waals surface area contributed by atoms with Crippen LogP contribution in [-0.4, -0.2) is 50.5 Å². The van der Waals surface area contributed by atoms with Crippen molar-refractivity contribution in [3.63, 3.8) is 0 Å². The lowest BCUT2D eigenvalue weighted by Gasteiger charge is -2.33. The molecule has 1 unspecified atom stereocenters. The number of rotatable bonds is 5. The summed E-state index contributed by atoms with van der Waals surface area (Å²) in [5.41, 5.74) is 2.26. The van der Waals surface area contributed by atoms with Gasteiger partial charge in [-0.3, -0.25) is 4.79 Å². The smallest absolute Gasteiger partial charge is 0.256 e. The minimum atomic E-state index is -0.396. The maximum atomic E-state index is 13.3. The number of halogens is 1. The SMILES string of the molecule is CC.Cc1ccc(-n2nccn2)c(C(=O)N2CCCC(COc3ccc(F)cn3)C2)c1. The van der Waals surface area contributed by atoms with Gasteiger partial charge in [0.15, 0.2) is 0 Å². The Labute approximate surface area is 181 Å². The number of nitrogens with zero attached hydrogens (tertiary/aromatic N) is 5. The number of aromatic nitrogens is 4. The Morgan fingerprint density at radius 3 is 2.68 bits per heavy atom. The van der Waals surface area contributed by atoms with Gasteiger partial charge in [-0.2, -0.15) is 15.0 Å². The molecule has 4 rings (SSSR count). The van der Waals surface area contributed by atoms with Gasteiger partial charge in [-0.05, 0) is 38.0 Å². The number of carbonyl (C=O) groups excluding carboxylic acids is 1. The Bertz CT molecular complexity index is 976. The predicted molar refractivity (Wildman–Crippen MR) is 116 cm³/mol. The average Bonchev–Trinajstić information content (AvgIpc) is 3.34. The van der Waals surface area contributed by atoms with E-state index >= 15 is 0 Å². The van der Waals surface area contributed by atoms with Gasteiger partial charge in [0.25, 0.3) is 5.91 Å². The van der Waals surface area contributed by atoms with Gasteiger partial charge < -0.3 is 9.64 Å². The van der Waals surface area contributed by atoms with Crippen LogP contribution in [0.15, 0.2) is 48.9 Å². The monoisotopic (exact) mass is 425 g/mol. The highest BCUT2D eigenvalue weighted by atomic mass is 19.1. The number of carbonyl (C=O) groups is 1. The number of hydrogen-bond donors (Lipinski definition) is 0. The molecule has 0 saturated carbocycles. The summed E-state index contributed by atoms with van der Waals surface area (Å²) in [5.74, 6) is 0.147. The van der Waals surface area contributed by atoms with Gasteiger partial charge in [-0.1, -0.05) is 25.5 Å². The highest BCUT2D eigenvalue weighted by Crippen LogP contribution is 2.23. The van der Waals surface area contributed by atoms with Crippen molar-refractivity contribution in [3.8, 4) is 11.6 Å². The van der Waals surface area contributed by atoms with Crippen molar-refractivity contribution in [2.24, 2.45) is 5.92 Å². The van der Waals surface area contributed by atoms with E-state index in [1.807, 2.05) is 43.9 Å². The summed E-state index contributed by atoms with van der Waals surface area (Å²) in [5, 5.41) is 8.34. The third-order valence-corrected chi connectivity index (χ3v) is 4.99. The lowest BCUT2D eigenvalue weighted by Crippen LogP contribution is -2.42. The predicted octanol–water partition coefficient (Wildman–Crippen LogP) is 4.07. The van der Waals surface area contributed by atoms with Gasteiger partial charge in [0.2, 0.25) is 5.88 Å². The molecular formula is C23H28FN5O2. The molecule has 0 spiro atoms. The minimum Gasteiger partial charge on any atom is -0.477 e. The van der Waals surface area contributed by atoms with E-state index < -0.39 is 5.82 Å². The molecule has 1 aliphatic rings. The van der Waals surface area contributed by atoms with Crippen molar-refractivity contribution in [1.82, 2.24) is 24.9 Å². The topological polar surface area (TPSA) is 73.1 Å². The van der Waals surface area contributed by atoms with Crippen LogP contribution in [0.4, 0.5) is 4.39 Å². The van der Waals surface area contributed by atoms with Crippen LogP contribution in [0, 0.1) is 18.7 Å². The normalized spacial score (nSPS) is 15.7. The summed E-state index contributed by atoms with van der Waals surface area (Å²) < 4.78 is 18.7. The van der Waals surface area contributed by atoms with E-state index in [4.69, 9.17) is 4.74 Å². The maximum Gasteiger partial charge on any atom is 0.256 e. The highest BCUT2D eigenvalue weighted by molar-refractivity contribution is 5.98. The largest absolute Gasteiger partial charge is 0.477 e. The molecule has 0 bridgehead atoms. The molecule has 8 heteroatoms. The zero-order valence-corrected chi connectivity index (χ0v) is 18.2. The van der Waals surface area contributed by atoms with Crippen LogP contribution in [-0.2, 0) is 0 Å². The van der Waals surface area contributed by atoms with Crippen LogP contribution in [0.3, 0.4) is 0 Å². The molecule has 1 aromatic carbocycles. The molecule has 1 fully saturated rings. The Kier molecular flexibility index (Phi) is 7.70. The second kappa shape index (κ2) is 10.7. The summed E-state index contributed by atoms with van der Waals surface area (Å²) in [4.78, 5) is 20.5. The van der Waals surface area contributed by atoms with Crippen LogP contribution in [0.2, 0.25) is 0 Å². The fourth-order valence-electron chi connectivity index (χ4n) is 3.54. The molecule has 0 radical (unpaired) electrons. The fourth-order valence-corrected chi connectivity index (χ4v) is 3.54. The van der Waals surface area contributed by atoms with Gasteiger partial charge in [-0.15, -0.1) is 0 Å². The minimum absolute atomic E-state index is 0.0365. The molecule has 1 aliphatic heterocycles. The first-order valence-electron chi connectivity index (χ1n) is 10.6. The lowest BCUT2D eigenvalue weighted by atomic mass is 9.97. The van der Waals surface area contributed by atoms with Gasteiger partial charge in [-0.25, -0.2) is 9.37 Å². The zero-order valence-electron chi connectivity index (χ0n) is 18.2. The third kappa shape index (κ3) is 5.65. The van der Waals surface area contributed by atoms with Crippen LogP contribution >= 0.6 is 0 Å². The molecule has 2 aromatic heterocycles. The molecule has 0 N–H and O–H groups in total. The summed E-state index contributed by atoms with van der Waals surface area (Å²) in [7, 11) is 0. The quantitative estimate of drug-likeness (QED) is 0.616. The summed E-state index contributed by atoms with van der Waals surface area (Å²) >= 11 is 0. The summed E-state index contributed by atoms with van der Waals surface area (Å²) in [6.07, 6.45) is 6.18. The van der Waals surface area contributed by atoms with E-state index in [1.165, 1.54) is 16.9 Å². The van der Waals surface area contributed by atoms with Crippen molar-refractivity contribution in [1.29, 1.82) is 0 Å². The first-order valence-corrected chi connectivity index (χ1v) is 10.6. The molecule has 1 atom stereocenters. The standard InChI is InChI=1S/C21H22FN5O2.C2H6/c1-15-4-6-19(27-24-8-9-25-27)18(11-15)21(28)26-10-2-3-16(13-26)14-29-20-7-5-17(22)12-23-20;1-2/h4-9,11-12,16H,2-3,10,13-14H2,1H3;1-2H3. The Hall–Kier alpha value is -3.29. The van der Waals surface area contributed by atoms with Gasteiger partial charge in [0, 0.05) is 25.1 Å². The Balaban J connectivity index is 0.00000132. The first kappa shape index (κ1) is 22.4. The van der Waals surface area contributed by atoms with E-state index in [0.717, 1.165) is 24.6 Å². The molecule has 3 heterocycles. The van der Waals surface area contributed by atoms with E-state index in [0.29, 0.717) is 36.8 Å². The number of ether oxygens (including phenoxy) is 1. The van der Waals surface area contributed by atoms with Crippen LogP contribution < -0.4 is 4.74 Å². The van der Waals surface area contributed by atoms with Crippen LogP contribution in [0.25, 0.3) is 5.69 Å². The Morgan fingerprint density at radius 1 is 1.19 bits per heavy atom. The van der Waals surface area contributed by atoms with Crippen molar-refractivity contribution in [3.05, 3.63) is 65.9 Å². The second-order valence-corrected chi connectivity index (χ2v) is 7.22. The second-order valence-electron chi connectivity index (χ2n) is 7.22. The summed E-state index contributed by atoms with van der Waals surface area (Å²) in [6.45, 7) is 7.69. The Morgan fingerprint density at radius 2 is 1.97 bits per heavy atom. The number of hydrogen-bond acceptors (Lipinski definition) is 5. The van der Waals surface area contributed by atoms with E-state index in [-0.39, 0.29) is 11.8 Å². The molecule has 1 saturated heterocycles. The van der Waals surface area contributed by atoms with E-state index in [2.05, 4.69) is 15.2 Å². The van der Waals surface area contributed by atoms with Gasteiger partial charge >= 0.3 is 0 Å². The highest BCUT2D eigenvalue weighted by Gasteiger charge is 2.27. The summed E-state index contributed by atoms with van der Waals surface area (Å²) in [6, 6.07) is 8.52. The molecule has 164 valence electrons. The van der Waals surface area contributed by atoms with E-state index in [1.54, 1.807) is 12.4 Å². The number of amides is 1. The molecular weight excluding hydrogens is 397 g/mol. The van der Waals surface area contributed by atoms with Gasteiger partial charge in [0.1, 0.15) is 5.82 Å². The van der Waals surface area contributed by atoms with Crippen LogP contribution in [0.1, 0.15) is 42.6 Å². The van der Waals surface area contributed by atoms with E-state index in [9.17, 15) is 9.18 Å². The van der Waals surface area contributed by atoms with Crippen LogP contribution in [0.5, 0.6) is 5.88 Å². The fraction of sp³-hybridized carbons (Fsp3) is 0.391. The third-order valence-electron chi connectivity index (χ3n) is 4.99. The number of piperidine rings is 1. The van der Waals surface area contributed by atoms with Crippen molar-refractivity contribution < 1.29 is 13.9 Å². The van der Waals surface area contributed by atoms with Crippen molar-refractivity contribution in [2.75, 3.05) is 19.7 Å². The number of likely N-dealkylation sites (tertiary alicyclic amines) is 1. The van der Waals surface area contributed by atoms with Crippen molar-refractivity contribution in [2.45, 2.75) is 33.6 Å². The molecule has 0 aliphatic carbocycles. The van der Waals surface area contributed by atoms with Crippen molar-refractivity contribution >= 4 is 5.91 Å². The molecule has 1 amide bonds.